The van der Waals surface area contributed by atoms with Crippen molar-refractivity contribution in [2.24, 2.45) is 5.92 Å². The molecule has 0 amide bonds. The highest BCUT2D eigenvalue weighted by molar-refractivity contribution is 5.51. The van der Waals surface area contributed by atoms with Crippen LogP contribution in [0.25, 0.3) is 0 Å². The van der Waals surface area contributed by atoms with Gasteiger partial charge in [0.05, 0.1) is 7.11 Å². The van der Waals surface area contributed by atoms with Crippen LogP contribution in [0.5, 0.6) is 17.2 Å². The highest BCUT2D eigenvalue weighted by atomic mass is 19.1. The van der Waals surface area contributed by atoms with Gasteiger partial charge in [-0.05, 0) is 118 Å². The number of anilines is 1. The number of phenolic OH excluding ortho intramolecular Hbond substituents is 1. The van der Waals surface area contributed by atoms with Gasteiger partial charge in [-0.25, -0.2) is 4.39 Å². The minimum Gasteiger partial charge on any atom is -0.508 e. The molecule has 5 rings (SSSR count). The van der Waals surface area contributed by atoms with E-state index in [1.54, 1.807) is 25.3 Å². The number of piperidine rings is 1. The summed E-state index contributed by atoms with van der Waals surface area (Å²) in [5.74, 6) is 2.08. The maximum absolute atomic E-state index is 14.6. The molecular weight excluding hydrogens is 527 g/mol. The van der Waals surface area contributed by atoms with Gasteiger partial charge in [0.15, 0.2) is 11.6 Å². The fraction of sp³-hybridized carbons (Fsp3) is 0.444. The third kappa shape index (κ3) is 9.99. The van der Waals surface area contributed by atoms with E-state index in [-0.39, 0.29) is 5.82 Å². The van der Waals surface area contributed by atoms with Crippen molar-refractivity contribution in [3.05, 3.63) is 83.2 Å². The summed E-state index contributed by atoms with van der Waals surface area (Å²) in [4.78, 5) is 4.59. The van der Waals surface area contributed by atoms with Gasteiger partial charge in [-0.15, -0.1) is 12.8 Å². The minimum atomic E-state index is -0.295. The zero-order chi connectivity index (χ0) is 30.3. The molecule has 0 saturated carbocycles. The number of nitrogens with zero attached hydrogens (tertiary/aromatic N) is 2. The molecule has 1 N–H and O–H groups in total. The predicted molar refractivity (Wildman–Crippen MR) is 171 cm³/mol. The van der Waals surface area contributed by atoms with E-state index >= 15 is 0 Å². The van der Waals surface area contributed by atoms with Crippen LogP contribution in [0.1, 0.15) is 56.2 Å². The largest absolute Gasteiger partial charge is 0.508 e. The van der Waals surface area contributed by atoms with E-state index in [9.17, 15) is 9.50 Å². The van der Waals surface area contributed by atoms with Crippen molar-refractivity contribution >= 4 is 5.69 Å². The van der Waals surface area contributed by atoms with Gasteiger partial charge in [-0.1, -0.05) is 25.1 Å². The van der Waals surface area contributed by atoms with E-state index < -0.39 is 0 Å². The molecule has 1 heterocycles. The van der Waals surface area contributed by atoms with Crippen molar-refractivity contribution in [2.75, 3.05) is 44.8 Å². The molecule has 42 heavy (non-hydrogen) atoms. The second-order valence-corrected chi connectivity index (χ2v) is 11.0. The van der Waals surface area contributed by atoms with E-state index in [4.69, 9.17) is 9.47 Å². The molecule has 0 aromatic heterocycles. The lowest BCUT2D eigenvalue weighted by molar-refractivity contribution is 0.158. The number of fused-ring (bicyclic) bond motifs is 1. The molecule has 226 valence electrons. The highest BCUT2D eigenvalue weighted by Gasteiger charge is 2.16. The Morgan fingerprint density at radius 2 is 1.71 bits per heavy atom. The molecule has 0 atom stereocenters. The molecule has 5 nitrogen and oxygen atoms in total. The van der Waals surface area contributed by atoms with Gasteiger partial charge in [0.1, 0.15) is 18.1 Å². The molecule has 1 aliphatic heterocycles. The molecule has 0 spiro atoms. The first kappa shape index (κ1) is 32.8. The van der Waals surface area contributed by atoms with E-state index in [0.717, 1.165) is 55.5 Å². The maximum Gasteiger partial charge on any atom is 0.165 e. The number of benzene rings is 3. The molecular formula is C36H47FN2O3. The number of hydrogen-bond donors (Lipinski definition) is 1. The van der Waals surface area contributed by atoms with Gasteiger partial charge in [0.25, 0.3) is 0 Å². The zero-order valence-corrected chi connectivity index (χ0v) is 25.5. The van der Waals surface area contributed by atoms with Crippen molar-refractivity contribution in [1.29, 1.82) is 0 Å². The maximum atomic E-state index is 14.6. The van der Waals surface area contributed by atoms with Crippen molar-refractivity contribution < 1.29 is 19.0 Å². The highest BCUT2D eigenvalue weighted by Crippen LogP contribution is 2.26. The summed E-state index contributed by atoms with van der Waals surface area (Å²) in [6, 6.07) is 18.9. The predicted octanol–water partition coefficient (Wildman–Crippen LogP) is 7.49. The van der Waals surface area contributed by atoms with Gasteiger partial charge in [-0.3, -0.25) is 4.90 Å². The van der Waals surface area contributed by atoms with Gasteiger partial charge in [0, 0.05) is 31.4 Å². The average molecular weight is 575 g/mol. The third-order valence-electron chi connectivity index (χ3n) is 8.04. The number of hydrogen-bond acceptors (Lipinski definition) is 5. The quantitative estimate of drug-likeness (QED) is 0.268. The number of aryl methyl sites for hydroxylation is 2. The monoisotopic (exact) mass is 574 g/mol. The third-order valence-corrected chi connectivity index (χ3v) is 8.04. The number of rotatable bonds is 9. The second-order valence-electron chi connectivity index (χ2n) is 11.0. The van der Waals surface area contributed by atoms with Crippen LogP contribution in [0.4, 0.5) is 10.1 Å². The minimum absolute atomic E-state index is 0.295. The Labute approximate surface area is 252 Å². The molecule has 0 bridgehead atoms. The van der Waals surface area contributed by atoms with E-state index in [2.05, 4.69) is 36.5 Å². The van der Waals surface area contributed by atoms with Crippen LogP contribution in [0.2, 0.25) is 0 Å². The van der Waals surface area contributed by atoms with Gasteiger partial charge >= 0.3 is 0 Å². The number of halogens is 1. The summed E-state index contributed by atoms with van der Waals surface area (Å²) in [6.45, 7) is 9.46. The van der Waals surface area contributed by atoms with Crippen molar-refractivity contribution in [3.8, 4) is 30.1 Å². The number of aromatic hydroxyl groups is 1. The summed E-state index contributed by atoms with van der Waals surface area (Å²) >= 11 is 0. The first-order valence-corrected chi connectivity index (χ1v) is 15.1. The molecule has 3 aromatic rings. The van der Waals surface area contributed by atoms with Crippen LogP contribution in [0, 0.1) is 24.6 Å². The Hall–Kier alpha value is -3.69. The molecule has 0 unspecified atom stereocenters. The van der Waals surface area contributed by atoms with Crippen molar-refractivity contribution in [3.63, 3.8) is 0 Å². The zero-order valence-electron chi connectivity index (χ0n) is 25.5. The molecule has 1 saturated heterocycles. The number of phenols is 1. The Bertz CT molecular complexity index is 1250. The standard InChI is InChI=1S/C24H33FN2O2.C10H12O.C2H2/c1-4-27(21-6-5-7-22(17-21)28-3)18-20-8-9-24(23(25)16-20)29-15-14-26-12-10-19(2)11-13-26;11-10-6-5-8-3-1-2-4-9(8)7-10;1-2/h5-9,16-17,19H,4,10-15,18H2,1-3H3;5-7,11H,1-4H2;1-2H. The Morgan fingerprint density at radius 3 is 2.40 bits per heavy atom. The molecule has 3 aromatic carbocycles. The summed E-state index contributed by atoms with van der Waals surface area (Å²) in [7, 11) is 1.66. The Balaban J connectivity index is 0.000000308. The Kier molecular flexibility index (Phi) is 13.5. The number of methoxy groups -OCH3 is 1. The second kappa shape index (κ2) is 17.3. The molecule has 2 aliphatic rings. The molecule has 6 heteroatoms. The lowest BCUT2D eigenvalue weighted by Gasteiger charge is -2.29. The summed E-state index contributed by atoms with van der Waals surface area (Å²) in [5, 5.41) is 9.19. The fourth-order valence-corrected chi connectivity index (χ4v) is 5.46. The van der Waals surface area contributed by atoms with E-state index in [0.29, 0.717) is 24.7 Å². The SMILES string of the molecule is C#C.CCN(Cc1ccc(OCCN2CCC(C)CC2)c(F)c1)c1cccc(OC)c1.Oc1ccc2c(c1)CCCC2. The molecule has 1 aliphatic carbocycles. The fourth-order valence-electron chi connectivity index (χ4n) is 5.46. The summed E-state index contributed by atoms with van der Waals surface area (Å²) in [6.07, 6.45) is 15.4. The lowest BCUT2D eigenvalue weighted by atomic mass is 9.92. The average Bonchev–Trinajstić information content (AvgIpc) is 3.03. The normalized spacial score (nSPS) is 14.8. The van der Waals surface area contributed by atoms with Crippen LogP contribution in [0.15, 0.2) is 60.7 Å². The molecule has 1 fully saturated rings. The summed E-state index contributed by atoms with van der Waals surface area (Å²) in [5.41, 5.74) is 4.75. The Morgan fingerprint density at radius 1 is 0.976 bits per heavy atom. The summed E-state index contributed by atoms with van der Waals surface area (Å²) < 4.78 is 25.6. The van der Waals surface area contributed by atoms with Gasteiger partial charge in [0.2, 0.25) is 0 Å². The van der Waals surface area contributed by atoms with Crippen LogP contribution in [-0.4, -0.2) is 49.9 Å². The topological polar surface area (TPSA) is 45.2 Å². The van der Waals surface area contributed by atoms with Crippen LogP contribution < -0.4 is 14.4 Å². The number of terminal acetylenes is 1. The van der Waals surface area contributed by atoms with Crippen LogP contribution in [-0.2, 0) is 19.4 Å². The van der Waals surface area contributed by atoms with Gasteiger partial charge < -0.3 is 19.5 Å². The lowest BCUT2D eigenvalue weighted by Crippen LogP contribution is -2.35. The van der Waals surface area contributed by atoms with Crippen LogP contribution >= 0.6 is 0 Å². The molecule has 0 radical (unpaired) electrons. The van der Waals surface area contributed by atoms with Crippen LogP contribution in [0.3, 0.4) is 0 Å². The van der Waals surface area contributed by atoms with E-state index in [1.807, 2.05) is 42.5 Å². The number of ether oxygens (including phenoxy) is 2. The van der Waals surface area contributed by atoms with Crippen molar-refractivity contribution in [2.45, 2.75) is 58.9 Å². The van der Waals surface area contributed by atoms with E-state index in [1.165, 1.54) is 43.2 Å². The van der Waals surface area contributed by atoms with Gasteiger partial charge in [-0.2, -0.15) is 0 Å². The smallest absolute Gasteiger partial charge is 0.165 e. The first-order valence-electron chi connectivity index (χ1n) is 15.1. The first-order chi connectivity index (χ1) is 20.4. The number of likely N-dealkylation sites (tertiary alicyclic amines) is 1. The van der Waals surface area contributed by atoms with Crippen molar-refractivity contribution in [1.82, 2.24) is 4.90 Å².